The van der Waals surface area contributed by atoms with Crippen LogP contribution in [0.3, 0.4) is 0 Å². The van der Waals surface area contributed by atoms with Crippen LogP contribution in [-0.2, 0) is 20.7 Å². The van der Waals surface area contributed by atoms with Crippen LogP contribution in [0.1, 0.15) is 5.56 Å². The number of nitro groups is 1. The monoisotopic (exact) mass is 362 g/mol. The molecule has 26 heavy (non-hydrogen) atoms. The molecule has 8 nitrogen and oxygen atoms in total. The zero-order valence-electron chi connectivity index (χ0n) is 13.7. The molecule has 2 aromatic carbocycles. The summed E-state index contributed by atoms with van der Waals surface area (Å²) < 4.78 is 23.3. The first-order valence-corrected chi connectivity index (χ1v) is 7.42. The molecule has 2 aromatic rings. The standard InChI is InChI=1S/C17H15FN2O6/c1-25-15-7-6-12(20(23)24)9-14(15)19-16(21)10-26-17(22)8-11-4-2-3-5-13(11)18/h2-7,9H,8,10H2,1H3,(H,19,21). The number of ether oxygens (including phenoxy) is 2. The first-order valence-electron chi connectivity index (χ1n) is 7.42. The third-order valence-electron chi connectivity index (χ3n) is 3.32. The molecule has 0 bridgehead atoms. The molecule has 0 unspecified atom stereocenters. The van der Waals surface area contributed by atoms with Gasteiger partial charge in [-0.2, -0.15) is 0 Å². The number of esters is 1. The Kier molecular flexibility index (Phi) is 6.20. The van der Waals surface area contributed by atoms with Crippen molar-refractivity contribution in [1.29, 1.82) is 0 Å². The lowest BCUT2D eigenvalue weighted by Gasteiger charge is -2.10. The molecule has 0 saturated carbocycles. The number of rotatable bonds is 7. The number of carbonyl (C=O) groups is 2. The Balaban J connectivity index is 1.94. The van der Waals surface area contributed by atoms with Crippen molar-refractivity contribution in [2.45, 2.75) is 6.42 Å². The summed E-state index contributed by atoms with van der Waals surface area (Å²) in [5.41, 5.74) is -0.0206. The minimum Gasteiger partial charge on any atom is -0.495 e. The van der Waals surface area contributed by atoms with Crippen LogP contribution in [0.25, 0.3) is 0 Å². The van der Waals surface area contributed by atoms with Crippen molar-refractivity contribution < 1.29 is 28.4 Å². The summed E-state index contributed by atoms with van der Waals surface area (Å²) in [5, 5.41) is 13.2. The smallest absolute Gasteiger partial charge is 0.310 e. The van der Waals surface area contributed by atoms with Gasteiger partial charge >= 0.3 is 5.97 Å². The first kappa shape index (κ1) is 18.8. The Morgan fingerprint density at radius 1 is 1.23 bits per heavy atom. The van der Waals surface area contributed by atoms with Crippen molar-refractivity contribution in [2.75, 3.05) is 19.0 Å². The number of nitrogens with zero attached hydrogens (tertiary/aromatic N) is 1. The molecule has 0 radical (unpaired) electrons. The van der Waals surface area contributed by atoms with Crippen LogP contribution in [0.2, 0.25) is 0 Å². The van der Waals surface area contributed by atoms with Crippen LogP contribution in [0.5, 0.6) is 5.75 Å². The molecule has 1 amide bonds. The number of methoxy groups -OCH3 is 1. The van der Waals surface area contributed by atoms with Gasteiger partial charge in [0.05, 0.1) is 24.1 Å². The number of nitro benzene ring substituents is 1. The van der Waals surface area contributed by atoms with E-state index in [0.717, 1.165) is 6.07 Å². The van der Waals surface area contributed by atoms with Gasteiger partial charge in [0.15, 0.2) is 6.61 Å². The summed E-state index contributed by atoms with van der Waals surface area (Å²) in [4.78, 5) is 33.8. The lowest BCUT2D eigenvalue weighted by atomic mass is 10.1. The molecule has 9 heteroatoms. The quantitative estimate of drug-likeness (QED) is 0.460. The topological polar surface area (TPSA) is 108 Å². The van der Waals surface area contributed by atoms with Gasteiger partial charge in [-0.1, -0.05) is 18.2 Å². The van der Waals surface area contributed by atoms with Crippen LogP contribution in [0.15, 0.2) is 42.5 Å². The van der Waals surface area contributed by atoms with E-state index in [1.54, 1.807) is 6.07 Å². The third-order valence-corrected chi connectivity index (χ3v) is 3.32. The van der Waals surface area contributed by atoms with Crippen LogP contribution < -0.4 is 10.1 Å². The van der Waals surface area contributed by atoms with E-state index < -0.39 is 29.2 Å². The highest BCUT2D eigenvalue weighted by atomic mass is 19.1. The minimum atomic E-state index is -0.781. The number of anilines is 1. The van der Waals surface area contributed by atoms with Crippen molar-refractivity contribution >= 4 is 23.3 Å². The summed E-state index contributed by atoms with van der Waals surface area (Å²) in [5.74, 6) is -1.83. The van der Waals surface area contributed by atoms with E-state index in [9.17, 15) is 24.1 Å². The SMILES string of the molecule is COc1ccc([N+](=O)[O-])cc1NC(=O)COC(=O)Cc1ccccc1F. The number of non-ortho nitro benzene ring substituents is 1. The molecular weight excluding hydrogens is 347 g/mol. The summed E-state index contributed by atoms with van der Waals surface area (Å²) in [6.07, 6.45) is -0.319. The highest BCUT2D eigenvalue weighted by Crippen LogP contribution is 2.28. The van der Waals surface area contributed by atoms with E-state index >= 15 is 0 Å². The Bertz CT molecular complexity index is 840. The number of halogens is 1. The Morgan fingerprint density at radius 2 is 1.96 bits per heavy atom. The Labute approximate surface area is 147 Å². The number of amides is 1. The first-order chi connectivity index (χ1) is 12.4. The zero-order chi connectivity index (χ0) is 19.1. The normalized spacial score (nSPS) is 10.1. The summed E-state index contributed by atoms with van der Waals surface area (Å²) in [6.45, 7) is -0.626. The molecule has 0 heterocycles. The summed E-state index contributed by atoms with van der Waals surface area (Å²) >= 11 is 0. The molecule has 0 aliphatic heterocycles. The second kappa shape index (κ2) is 8.56. The molecule has 2 rings (SSSR count). The molecule has 1 N–H and O–H groups in total. The van der Waals surface area contributed by atoms with E-state index in [4.69, 9.17) is 9.47 Å². The van der Waals surface area contributed by atoms with E-state index in [2.05, 4.69) is 5.32 Å². The largest absolute Gasteiger partial charge is 0.495 e. The molecule has 0 fully saturated rings. The van der Waals surface area contributed by atoms with E-state index in [1.165, 1.54) is 37.4 Å². The molecule has 0 aromatic heterocycles. The molecular formula is C17H15FN2O6. The molecule has 0 spiro atoms. The van der Waals surface area contributed by atoms with Gasteiger partial charge in [0, 0.05) is 12.1 Å². The number of benzene rings is 2. The Hall–Kier alpha value is -3.49. The highest BCUT2D eigenvalue weighted by molar-refractivity contribution is 5.94. The lowest BCUT2D eigenvalue weighted by molar-refractivity contribution is -0.384. The lowest BCUT2D eigenvalue weighted by Crippen LogP contribution is -2.22. The summed E-state index contributed by atoms with van der Waals surface area (Å²) in [6, 6.07) is 9.39. The van der Waals surface area contributed by atoms with E-state index in [-0.39, 0.29) is 29.1 Å². The fourth-order valence-electron chi connectivity index (χ4n) is 2.09. The number of carbonyl (C=O) groups excluding carboxylic acids is 2. The van der Waals surface area contributed by atoms with Crippen molar-refractivity contribution in [2.24, 2.45) is 0 Å². The number of nitrogens with one attached hydrogen (secondary N) is 1. The molecule has 0 saturated heterocycles. The average molecular weight is 362 g/mol. The fourth-order valence-corrected chi connectivity index (χ4v) is 2.09. The van der Waals surface area contributed by atoms with Crippen molar-refractivity contribution in [3.8, 4) is 5.75 Å². The van der Waals surface area contributed by atoms with E-state index in [0.29, 0.717) is 0 Å². The number of hydrogen-bond acceptors (Lipinski definition) is 6. The average Bonchev–Trinajstić information content (AvgIpc) is 2.62. The van der Waals surface area contributed by atoms with Gasteiger partial charge in [-0.25, -0.2) is 4.39 Å². The van der Waals surface area contributed by atoms with Crippen LogP contribution in [-0.4, -0.2) is 30.5 Å². The van der Waals surface area contributed by atoms with Crippen molar-refractivity contribution in [1.82, 2.24) is 0 Å². The maximum atomic E-state index is 13.5. The van der Waals surface area contributed by atoms with Gasteiger partial charge in [-0.3, -0.25) is 19.7 Å². The van der Waals surface area contributed by atoms with Gasteiger partial charge in [0.2, 0.25) is 0 Å². The van der Waals surface area contributed by atoms with Crippen molar-refractivity contribution in [3.63, 3.8) is 0 Å². The third kappa shape index (κ3) is 5.00. The number of hydrogen-bond donors (Lipinski definition) is 1. The van der Waals surface area contributed by atoms with Crippen LogP contribution in [0, 0.1) is 15.9 Å². The van der Waals surface area contributed by atoms with E-state index in [1.807, 2.05) is 0 Å². The zero-order valence-corrected chi connectivity index (χ0v) is 13.7. The van der Waals surface area contributed by atoms with Gasteiger partial charge in [0.25, 0.3) is 11.6 Å². The maximum Gasteiger partial charge on any atom is 0.310 e. The predicted octanol–water partition coefficient (Wildman–Crippen LogP) is 2.47. The highest BCUT2D eigenvalue weighted by Gasteiger charge is 2.15. The second-order valence-corrected chi connectivity index (χ2v) is 5.12. The Morgan fingerprint density at radius 3 is 2.62 bits per heavy atom. The molecule has 136 valence electrons. The van der Waals surface area contributed by atoms with Crippen LogP contribution in [0.4, 0.5) is 15.8 Å². The van der Waals surface area contributed by atoms with Gasteiger partial charge < -0.3 is 14.8 Å². The summed E-state index contributed by atoms with van der Waals surface area (Å²) in [7, 11) is 1.34. The molecule has 0 atom stereocenters. The second-order valence-electron chi connectivity index (χ2n) is 5.12. The maximum absolute atomic E-state index is 13.5. The van der Waals surface area contributed by atoms with Crippen molar-refractivity contribution in [3.05, 3.63) is 64.0 Å². The van der Waals surface area contributed by atoms with Gasteiger partial charge in [-0.05, 0) is 17.7 Å². The molecule has 0 aliphatic rings. The predicted molar refractivity (Wildman–Crippen MR) is 89.3 cm³/mol. The van der Waals surface area contributed by atoms with Crippen LogP contribution >= 0.6 is 0 Å². The molecule has 0 aliphatic carbocycles. The van der Waals surface area contributed by atoms with Gasteiger partial charge in [-0.15, -0.1) is 0 Å². The van der Waals surface area contributed by atoms with Gasteiger partial charge in [0.1, 0.15) is 11.6 Å². The fraction of sp³-hybridized carbons (Fsp3) is 0.176. The minimum absolute atomic E-state index is 0.0665.